The molecule has 1 aliphatic heterocycles. The van der Waals surface area contributed by atoms with E-state index in [1.807, 2.05) is 11.8 Å². The first-order valence-electron chi connectivity index (χ1n) is 5.59. The Labute approximate surface area is 121 Å². The Morgan fingerprint density at radius 1 is 1.50 bits per heavy atom. The molecule has 0 aromatic heterocycles. The van der Waals surface area contributed by atoms with Gasteiger partial charge in [-0.1, -0.05) is 20.8 Å². The summed E-state index contributed by atoms with van der Waals surface area (Å²) in [5.74, 6) is 0.976. The lowest BCUT2D eigenvalue weighted by Gasteiger charge is -2.30. The van der Waals surface area contributed by atoms with E-state index >= 15 is 0 Å². The van der Waals surface area contributed by atoms with Crippen LogP contribution in [0.15, 0.2) is 4.99 Å². The van der Waals surface area contributed by atoms with Crippen LogP contribution in [-0.2, 0) is 0 Å². The Bertz CT molecular complexity index is 226. The molecule has 0 saturated heterocycles. The molecule has 3 nitrogen and oxygen atoms in total. The van der Waals surface area contributed by atoms with Gasteiger partial charge in [0.15, 0.2) is 5.96 Å². The Kier molecular flexibility index (Phi) is 7.80. The Hall–Kier alpha value is 0.350. The van der Waals surface area contributed by atoms with E-state index in [4.69, 9.17) is 0 Å². The summed E-state index contributed by atoms with van der Waals surface area (Å²) >= 11 is 1.92. The van der Waals surface area contributed by atoms with Gasteiger partial charge in [0, 0.05) is 24.9 Å². The average Bonchev–Trinajstić information content (AvgIpc) is 2.18. The highest BCUT2D eigenvalue weighted by Gasteiger charge is 2.23. The topological polar surface area (TPSA) is 36.4 Å². The van der Waals surface area contributed by atoms with Gasteiger partial charge in [-0.25, -0.2) is 0 Å². The number of rotatable bonds is 3. The van der Waals surface area contributed by atoms with Crippen molar-refractivity contribution < 1.29 is 0 Å². The number of aliphatic imine (C=N–C) groups is 1. The molecule has 0 aromatic carbocycles. The van der Waals surface area contributed by atoms with Crippen LogP contribution >= 0.6 is 35.7 Å². The van der Waals surface area contributed by atoms with Crippen molar-refractivity contribution in [2.45, 2.75) is 32.4 Å². The number of nitrogens with one attached hydrogen (secondary N) is 2. The molecule has 1 unspecified atom stereocenters. The fourth-order valence-corrected chi connectivity index (χ4v) is 2.54. The molecule has 0 amide bonds. The first-order chi connectivity index (χ1) is 7.04. The predicted octanol–water partition coefficient (Wildman–Crippen LogP) is 2.32. The molecule has 0 spiro atoms. The Morgan fingerprint density at radius 2 is 2.19 bits per heavy atom. The van der Waals surface area contributed by atoms with Crippen LogP contribution in [-0.4, -0.2) is 37.1 Å². The molecule has 1 aliphatic rings. The summed E-state index contributed by atoms with van der Waals surface area (Å²) in [7, 11) is 0. The van der Waals surface area contributed by atoms with Crippen LogP contribution in [0.5, 0.6) is 0 Å². The normalized spacial score (nSPS) is 17.9. The van der Waals surface area contributed by atoms with Gasteiger partial charge in [0.25, 0.3) is 0 Å². The Morgan fingerprint density at radius 3 is 2.62 bits per heavy atom. The highest BCUT2D eigenvalue weighted by molar-refractivity contribution is 14.0. The summed E-state index contributed by atoms with van der Waals surface area (Å²) in [6.45, 7) is 9.83. The van der Waals surface area contributed by atoms with Gasteiger partial charge in [-0.05, 0) is 18.1 Å². The van der Waals surface area contributed by atoms with Crippen molar-refractivity contribution in [3.63, 3.8) is 0 Å². The molecule has 16 heavy (non-hydrogen) atoms. The van der Waals surface area contributed by atoms with E-state index in [9.17, 15) is 0 Å². The molecule has 1 heterocycles. The number of halogens is 1. The molecule has 2 N–H and O–H groups in total. The summed E-state index contributed by atoms with van der Waals surface area (Å²) in [6.07, 6.45) is 3.32. The van der Waals surface area contributed by atoms with Crippen LogP contribution in [0.4, 0.5) is 0 Å². The molecule has 1 atom stereocenters. The molecular formula is C11H24IN3S. The van der Waals surface area contributed by atoms with Gasteiger partial charge in [0.1, 0.15) is 0 Å². The minimum Gasteiger partial charge on any atom is -0.356 e. The molecule has 1 rings (SSSR count). The quantitative estimate of drug-likeness (QED) is 0.762. The van der Waals surface area contributed by atoms with Gasteiger partial charge in [-0.2, -0.15) is 11.8 Å². The van der Waals surface area contributed by atoms with E-state index in [0.29, 0.717) is 10.7 Å². The maximum Gasteiger partial charge on any atom is 0.191 e. The van der Waals surface area contributed by atoms with E-state index in [-0.39, 0.29) is 24.0 Å². The lowest BCUT2D eigenvalue weighted by Crippen LogP contribution is -2.45. The molecule has 0 fully saturated rings. The van der Waals surface area contributed by atoms with E-state index in [1.54, 1.807) is 0 Å². The fraction of sp³-hybridized carbons (Fsp3) is 0.909. The zero-order valence-electron chi connectivity index (χ0n) is 10.7. The van der Waals surface area contributed by atoms with Crippen LogP contribution in [0.1, 0.15) is 27.2 Å². The van der Waals surface area contributed by atoms with Crippen molar-refractivity contribution in [1.29, 1.82) is 0 Å². The van der Waals surface area contributed by atoms with Crippen LogP contribution in [0, 0.1) is 5.41 Å². The lowest BCUT2D eigenvalue weighted by atomic mass is 9.91. The highest BCUT2D eigenvalue weighted by Crippen LogP contribution is 2.27. The van der Waals surface area contributed by atoms with Gasteiger partial charge < -0.3 is 10.6 Å². The van der Waals surface area contributed by atoms with E-state index in [0.717, 1.165) is 32.0 Å². The zero-order chi connectivity index (χ0) is 11.3. The van der Waals surface area contributed by atoms with Crippen LogP contribution in [0.2, 0.25) is 0 Å². The molecule has 5 heteroatoms. The number of nitrogens with zero attached hydrogens (tertiary/aromatic N) is 1. The number of thioether (sulfide) groups is 1. The maximum absolute atomic E-state index is 4.40. The summed E-state index contributed by atoms with van der Waals surface area (Å²) in [5, 5.41) is 7.29. The zero-order valence-corrected chi connectivity index (χ0v) is 13.8. The van der Waals surface area contributed by atoms with Crippen molar-refractivity contribution in [2.75, 3.05) is 25.9 Å². The molecule has 0 saturated carbocycles. The van der Waals surface area contributed by atoms with Crippen LogP contribution in [0.3, 0.4) is 0 Å². The largest absolute Gasteiger partial charge is 0.356 e. The van der Waals surface area contributed by atoms with Gasteiger partial charge in [-0.3, -0.25) is 4.99 Å². The molecule has 96 valence electrons. The second kappa shape index (κ2) is 7.63. The molecule has 0 aliphatic carbocycles. The minimum absolute atomic E-state index is 0. The monoisotopic (exact) mass is 357 g/mol. The average molecular weight is 357 g/mol. The maximum atomic E-state index is 4.40. The summed E-state index contributed by atoms with van der Waals surface area (Å²) in [4.78, 5) is 4.40. The van der Waals surface area contributed by atoms with Crippen molar-refractivity contribution in [2.24, 2.45) is 10.4 Å². The van der Waals surface area contributed by atoms with Crippen molar-refractivity contribution in [3.05, 3.63) is 0 Å². The van der Waals surface area contributed by atoms with Gasteiger partial charge in [0.2, 0.25) is 0 Å². The van der Waals surface area contributed by atoms with Crippen LogP contribution < -0.4 is 10.6 Å². The third kappa shape index (κ3) is 5.61. The predicted molar refractivity (Wildman–Crippen MR) is 85.1 cm³/mol. The standard InChI is InChI=1S/C11H23N3S.HI/c1-11(2,3)9(15-4)8-14-10-12-6-5-7-13-10;/h9H,5-8H2,1-4H3,(H2,12,13,14);1H. The van der Waals surface area contributed by atoms with Gasteiger partial charge >= 0.3 is 0 Å². The number of hydrogen-bond acceptors (Lipinski definition) is 4. The Balaban J connectivity index is 0.00000225. The minimum atomic E-state index is 0. The smallest absolute Gasteiger partial charge is 0.191 e. The van der Waals surface area contributed by atoms with E-state index in [1.165, 1.54) is 0 Å². The second-order valence-corrected chi connectivity index (χ2v) is 6.02. The second-order valence-electron chi connectivity index (χ2n) is 4.98. The van der Waals surface area contributed by atoms with E-state index in [2.05, 4.69) is 42.7 Å². The summed E-state index contributed by atoms with van der Waals surface area (Å²) < 4.78 is 0. The van der Waals surface area contributed by atoms with Crippen molar-refractivity contribution in [3.8, 4) is 0 Å². The number of guanidine groups is 1. The van der Waals surface area contributed by atoms with E-state index < -0.39 is 0 Å². The first-order valence-corrected chi connectivity index (χ1v) is 6.88. The van der Waals surface area contributed by atoms with Gasteiger partial charge in [-0.15, -0.1) is 24.0 Å². The fourth-order valence-electron chi connectivity index (χ4n) is 1.58. The molecule has 0 aromatic rings. The lowest BCUT2D eigenvalue weighted by molar-refractivity contribution is 0.391. The highest BCUT2D eigenvalue weighted by atomic mass is 127. The summed E-state index contributed by atoms with van der Waals surface area (Å²) in [6, 6.07) is 0. The van der Waals surface area contributed by atoms with Crippen LogP contribution in [0.25, 0.3) is 0 Å². The van der Waals surface area contributed by atoms with Crippen molar-refractivity contribution in [1.82, 2.24) is 10.6 Å². The molecular weight excluding hydrogens is 333 g/mol. The number of hydrogen-bond donors (Lipinski definition) is 2. The molecule has 0 bridgehead atoms. The first kappa shape index (κ1) is 16.4. The van der Waals surface area contributed by atoms with Gasteiger partial charge in [0.05, 0.1) is 0 Å². The van der Waals surface area contributed by atoms with Crippen molar-refractivity contribution >= 4 is 41.7 Å². The SMILES string of the molecule is CSC(CNC1=NCCCN1)C(C)(C)C.I. The molecule has 0 radical (unpaired) electrons. The third-order valence-corrected chi connectivity index (χ3v) is 4.05. The summed E-state index contributed by atoms with van der Waals surface area (Å²) in [5.41, 5.74) is 0.335. The third-order valence-electron chi connectivity index (χ3n) is 2.60.